The first-order chi connectivity index (χ1) is 7.78. The van der Waals surface area contributed by atoms with Gasteiger partial charge in [0.1, 0.15) is 5.75 Å². The Kier molecular flexibility index (Phi) is 3.43. The van der Waals surface area contributed by atoms with Gasteiger partial charge in [-0.2, -0.15) is 5.26 Å². The quantitative estimate of drug-likeness (QED) is 0.826. The Labute approximate surface area is 95.3 Å². The zero-order chi connectivity index (χ0) is 11.4. The van der Waals surface area contributed by atoms with Crippen molar-refractivity contribution in [1.29, 1.82) is 5.26 Å². The SMILES string of the molecule is N#Cc1cccc(OC2CCC(O)CC2)c1. The summed E-state index contributed by atoms with van der Waals surface area (Å²) in [6.07, 6.45) is 3.41. The van der Waals surface area contributed by atoms with Crippen molar-refractivity contribution in [1.82, 2.24) is 0 Å². The number of ether oxygens (including phenoxy) is 1. The second-order valence-electron chi connectivity index (χ2n) is 4.19. The van der Waals surface area contributed by atoms with Crippen LogP contribution in [-0.2, 0) is 0 Å². The summed E-state index contributed by atoms with van der Waals surface area (Å²) in [5, 5.41) is 18.1. The number of nitriles is 1. The van der Waals surface area contributed by atoms with Crippen LogP contribution in [-0.4, -0.2) is 17.3 Å². The molecule has 2 rings (SSSR count). The van der Waals surface area contributed by atoms with E-state index < -0.39 is 0 Å². The molecule has 1 N–H and O–H groups in total. The molecular formula is C13H15NO2. The van der Waals surface area contributed by atoms with Gasteiger partial charge in [0, 0.05) is 0 Å². The molecule has 0 atom stereocenters. The van der Waals surface area contributed by atoms with Gasteiger partial charge in [0.25, 0.3) is 0 Å². The van der Waals surface area contributed by atoms with Crippen LogP contribution in [0, 0.1) is 11.3 Å². The van der Waals surface area contributed by atoms with Crippen LogP contribution >= 0.6 is 0 Å². The zero-order valence-electron chi connectivity index (χ0n) is 9.10. The van der Waals surface area contributed by atoms with E-state index in [9.17, 15) is 5.11 Å². The summed E-state index contributed by atoms with van der Waals surface area (Å²) < 4.78 is 5.78. The minimum absolute atomic E-state index is 0.162. The molecule has 0 bridgehead atoms. The van der Waals surface area contributed by atoms with E-state index in [-0.39, 0.29) is 12.2 Å². The third-order valence-corrected chi connectivity index (χ3v) is 2.91. The van der Waals surface area contributed by atoms with Gasteiger partial charge in [-0.15, -0.1) is 0 Å². The summed E-state index contributed by atoms with van der Waals surface area (Å²) in [6.45, 7) is 0. The van der Waals surface area contributed by atoms with Crippen LogP contribution in [0.2, 0.25) is 0 Å². The van der Waals surface area contributed by atoms with Crippen molar-refractivity contribution >= 4 is 0 Å². The molecule has 0 unspecified atom stereocenters. The number of nitrogens with zero attached hydrogens (tertiary/aromatic N) is 1. The second kappa shape index (κ2) is 5.00. The van der Waals surface area contributed by atoms with Crippen molar-refractivity contribution in [3.63, 3.8) is 0 Å². The molecule has 1 aromatic carbocycles. The summed E-state index contributed by atoms with van der Waals surface area (Å²) in [5.74, 6) is 0.750. The first kappa shape index (κ1) is 11.0. The van der Waals surface area contributed by atoms with Crippen LogP contribution in [0.4, 0.5) is 0 Å². The standard InChI is InChI=1S/C13H15NO2/c14-9-10-2-1-3-13(8-10)16-12-6-4-11(15)5-7-12/h1-3,8,11-12,15H,4-7H2. The number of benzene rings is 1. The minimum Gasteiger partial charge on any atom is -0.490 e. The predicted molar refractivity (Wildman–Crippen MR) is 60.0 cm³/mol. The number of aliphatic hydroxyl groups is 1. The van der Waals surface area contributed by atoms with Gasteiger partial charge in [0.15, 0.2) is 0 Å². The molecule has 3 heteroatoms. The highest BCUT2D eigenvalue weighted by Gasteiger charge is 2.20. The Hall–Kier alpha value is -1.53. The average Bonchev–Trinajstić information content (AvgIpc) is 2.32. The van der Waals surface area contributed by atoms with Gasteiger partial charge in [0.2, 0.25) is 0 Å². The molecule has 16 heavy (non-hydrogen) atoms. The number of hydrogen-bond acceptors (Lipinski definition) is 3. The van der Waals surface area contributed by atoms with Gasteiger partial charge in [-0.05, 0) is 43.9 Å². The largest absolute Gasteiger partial charge is 0.490 e. The molecule has 1 aliphatic rings. The monoisotopic (exact) mass is 217 g/mol. The third kappa shape index (κ3) is 2.74. The van der Waals surface area contributed by atoms with E-state index in [4.69, 9.17) is 10.00 Å². The number of hydrogen-bond donors (Lipinski definition) is 1. The molecule has 0 aliphatic heterocycles. The third-order valence-electron chi connectivity index (χ3n) is 2.91. The average molecular weight is 217 g/mol. The van der Waals surface area contributed by atoms with Gasteiger partial charge < -0.3 is 9.84 Å². The molecule has 0 radical (unpaired) electrons. The fourth-order valence-corrected chi connectivity index (χ4v) is 1.99. The van der Waals surface area contributed by atoms with Crippen molar-refractivity contribution in [2.75, 3.05) is 0 Å². The first-order valence-corrected chi connectivity index (χ1v) is 5.63. The lowest BCUT2D eigenvalue weighted by atomic mass is 9.95. The second-order valence-corrected chi connectivity index (χ2v) is 4.19. The van der Waals surface area contributed by atoms with Gasteiger partial charge in [-0.25, -0.2) is 0 Å². The molecule has 1 fully saturated rings. The molecule has 1 aromatic rings. The lowest BCUT2D eigenvalue weighted by molar-refractivity contribution is 0.0666. The summed E-state index contributed by atoms with van der Waals surface area (Å²) in [4.78, 5) is 0. The van der Waals surface area contributed by atoms with Crippen molar-refractivity contribution in [3.8, 4) is 11.8 Å². The Morgan fingerprint density at radius 1 is 1.25 bits per heavy atom. The maximum absolute atomic E-state index is 9.38. The molecular weight excluding hydrogens is 202 g/mol. The van der Waals surface area contributed by atoms with Crippen molar-refractivity contribution in [2.24, 2.45) is 0 Å². The molecule has 0 saturated heterocycles. The molecule has 3 nitrogen and oxygen atoms in total. The molecule has 0 aromatic heterocycles. The summed E-state index contributed by atoms with van der Waals surface area (Å²) in [6, 6.07) is 9.30. The lowest BCUT2D eigenvalue weighted by Gasteiger charge is -2.26. The van der Waals surface area contributed by atoms with Gasteiger partial charge in [0.05, 0.1) is 23.8 Å². The molecule has 84 valence electrons. The number of rotatable bonds is 2. The molecule has 1 aliphatic carbocycles. The van der Waals surface area contributed by atoms with Crippen LogP contribution in [0.15, 0.2) is 24.3 Å². The fraction of sp³-hybridized carbons (Fsp3) is 0.462. The topological polar surface area (TPSA) is 53.2 Å². The van der Waals surface area contributed by atoms with Crippen LogP contribution in [0.3, 0.4) is 0 Å². The Bertz CT molecular complexity index is 389. The number of aliphatic hydroxyl groups excluding tert-OH is 1. The normalized spacial score (nSPS) is 24.8. The maximum Gasteiger partial charge on any atom is 0.121 e. The zero-order valence-corrected chi connectivity index (χ0v) is 9.10. The summed E-state index contributed by atoms with van der Waals surface area (Å²) in [7, 11) is 0. The van der Waals surface area contributed by atoms with Crippen LogP contribution in [0.5, 0.6) is 5.75 Å². The van der Waals surface area contributed by atoms with Crippen LogP contribution in [0.25, 0.3) is 0 Å². The van der Waals surface area contributed by atoms with Gasteiger partial charge in [-0.3, -0.25) is 0 Å². The van der Waals surface area contributed by atoms with Crippen molar-refractivity contribution < 1.29 is 9.84 Å². The Morgan fingerprint density at radius 2 is 2.00 bits per heavy atom. The fourth-order valence-electron chi connectivity index (χ4n) is 1.99. The predicted octanol–water partition coefficient (Wildman–Crippen LogP) is 2.24. The van der Waals surface area contributed by atoms with E-state index in [1.54, 1.807) is 12.1 Å². The molecule has 0 spiro atoms. The van der Waals surface area contributed by atoms with Gasteiger partial charge >= 0.3 is 0 Å². The van der Waals surface area contributed by atoms with E-state index in [1.807, 2.05) is 12.1 Å². The van der Waals surface area contributed by atoms with E-state index >= 15 is 0 Å². The summed E-state index contributed by atoms with van der Waals surface area (Å²) in [5.41, 5.74) is 0.619. The highest BCUT2D eigenvalue weighted by Crippen LogP contribution is 2.24. The van der Waals surface area contributed by atoms with E-state index in [2.05, 4.69) is 6.07 Å². The van der Waals surface area contributed by atoms with Gasteiger partial charge in [-0.1, -0.05) is 6.07 Å². The lowest BCUT2D eigenvalue weighted by Crippen LogP contribution is -2.26. The van der Waals surface area contributed by atoms with E-state index in [1.165, 1.54) is 0 Å². The molecule has 0 amide bonds. The van der Waals surface area contributed by atoms with E-state index in [0.29, 0.717) is 5.56 Å². The highest BCUT2D eigenvalue weighted by atomic mass is 16.5. The van der Waals surface area contributed by atoms with Crippen LogP contribution < -0.4 is 4.74 Å². The minimum atomic E-state index is -0.162. The van der Waals surface area contributed by atoms with Crippen LogP contribution in [0.1, 0.15) is 31.2 Å². The smallest absolute Gasteiger partial charge is 0.121 e. The van der Waals surface area contributed by atoms with E-state index in [0.717, 1.165) is 31.4 Å². The molecule has 0 heterocycles. The Morgan fingerprint density at radius 3 is 2.69 bits per heavy atom. The highest BCUT2D eigenvalue weighted by molar-refractivity contribution is 5.36. The van der Waals surface area contributed by atoms with Crippen molar-refractivity contribution in [3.05, 3.63) is 29.8 Å². The first-order valence-electron chi connectivity index (χ1n) is 5.63. The summed E-state index contributed by atoms with van der Waals surface area (Å²) >= 11 is 0. The maximum atomic E-state index is 9.38. The Balaban J connectivity index is 1.96. The van der Waals surface area contributed by atoms with Crippen molar-refractivity contribution in [2.45, 2.75) is 37.9 Å². The molecule has 1 saturated carbocycles.